The molecule has 0 aromatic heterocycles. The maximum Gasteiger partial charge on any atom is 0.0825 e. The molecule has 77 valence electrons. The molecule has 0 amide bonds. The molecule has 0 spiro atoms. The molecule has 0 saturated heterocycles. The molecule has 15 heavy (non-hydrogen) atoms. The van der Waals surface area contributed by atoms with Gasteiger partial charge in [0.2, 0.25) is 0 Å². The third-order valence-corrected chi connectivity index (χ3v) is 3.24. The van der Waals surface area contributed by atoms with Gasteiger partial charge in [0, 0.05) is 4.47 Å². The van der Waals surface area contributed by atoms with Crippen LogP contribution in [0.5, 0.6) is 0 Å². The first-order valence-electron chi connectivity index (χ1n) is 5.07. The molecule has 0 fully saturated rings. The summed E-state index contributed by atoms with van der Waals surface area (Å²) in [5.41, 5.74) is 1.27. The van der Waals surface area contributed by atoms with Gasteiger partial charge in [-0.05, 0) is 35.2 Å². The normalized spacial score (nSPS) is 10.8. The van der Waals surface area contributed by atoms with E-state index in [1.165, 1.54) is 16.3 Å². The highest BCUT2D eigenvalue weighted by Gasteiger charge is 2.02. The third kappa shape index (κ3) is 2.21. The van der Waals surface area contributed by atoms with E-state index in [9.17, 15) is 5.11 Å². The molecule has 0 unspecified atom stereocenters. The number of halogens is 1. The Bertz CT molecular complexity index is 465. The van der Waals surface area contributed by atoms with Gasteiger partial charge in [0.25, 0.3) is 0 Å². The van der Waals surface area contributed by atoms with Crippen LogP contribution in [-0.4, -0.2) is 6.61 Å². The van der Waals surface area contributed by atoms with E-state index < -0.39 is 0 Å². The zero-order valence-corrected chi connectivity index (χ0v) is 9.96. The van der Waals surface area contributed by atoms with Crippen molar-refractivity contribution in [2.45, 2.75) is 12.8 Å². The van der Waals surface area contributed by atoms with E-state index in [0.29, 0.717) is 6.42 Å². The van der Waals surface area contributed by atoms with Crippen LogP contribution < -0.4 is 0 Å². The van der Waals surface area contributed by atoms with Crippen LogP contribution in [0.25, 0.3) is 10.8 Å². The van der Waals surface area contributed by atoms with Crippen molar-refractivity contribution in [1.29, 1.82) is 0 Å². The minimum atomic E-state index is 0.00436. The molecule has 0 aliphatic heterocycles. The smallest absolute Gasteiger partial charge is 0.0825 e. The van der Waals surface area contributed by atoms with Crippen molar-refractivity contribution in [3.05, 3.63) is 46.4 Å². The van der Waals surface area contributed by atoms with E-state index in [1.807, 2.05) is 18.2 Å². The van der Waals surface area contributed by atoms with Crippen molar-refractivity contribution >= 4 is 26.7 Å². The van der Waals surface area contributed by atoms with Crippen LogP contribution in [0.1, 0.15) is 12.0 Å². The molecule has 2 aromatic rings. The Morgan fingerprint density at radius 1 is 1.00 bits per heavy atom. The first kappa shape index (κ1) is 10.7. The standard InChI is InChI=1S/C13H12BrO/c14-13-8-2-6-11-10(5-3-9-15)4-1-7-12(11)13/h1-2,4,6-8H,3,5,9H2. The summed E-state index contributed by atoms with van der Waals surface area (Å²) < 4.78 is 1.11. The molecule has 2 aromatic carbocycles. The molecule has 0 aliphatic carbocycles. The van der Waals surface area contributed by atoms with Gasteiger partial charge in [0.1, 0.15) is 0 Å². The first-order valence-corrected chi connectivity index (χ1v) is 5.86. The fourth-order valence-electron chi connectivity index (χ4n) is 1.82. The Morgan fingerprint density at radius 2 is 1.73 bits per heavy atom. The van der Waals surface area contributed by atoms with E-state index in [1.54, 1.807) is 0 Å². The van der Waals surface area contributed by atoms with Gasteiger partial charge in [0.15, 0.2) is 0 Å². The van der Waals surface area contributed by atoms with E-state index in [-0.39, 0.29) is 6.61 Å². The maximum absolute atomic E-state index is 10.5. The van der Waals surface area contributed by atoms with E-state index >= 15 is 0 Å². The lowest BCUT2D eigenvalue weighted by molar-refractivity contribution is 0.189. The molecule has 0 atom stereocenters. The quantitative estimate of drug-likeness (QED) is 0.799. The maximum atomic E-state index is 10.5. The van der Waals surface area contributed by atoms with Crippen LogP contribution >= 0.6 is 15.9 Å². The summed E-state index contributed by atoms with van der Waals surface area (Å²) in [6, 6.07) is 12.4. The van der Waals surface area contributed by atoms with Gasteiger partial charge in [-0.2, -0.15) is 0 Å². The van der Waals surface area contributed by atoms with Crippen molar-refractivity contribution in [2.75, 3.05) is 6.61 Å². The number of hydrogen-bond donors (Lipinski definition) is 0. The Kier molecular flexibility index (Phi) is 3.39. The number of fused-ring (bicyclic) bond motifs is 1. The molecule has 0 aliphatic rings. The van der Waals surface area contributed by atoms with Gasteiger partial charge in [-0.15, -0.1) is 0 Å². The van der Waals surface area contributed by atoms with Crippen molar-refractivity contribution < 1.29 is 5.11 Å². The molecule has 2 rings (SSSR count). The van der Waals surface area contributed by atoms with Crippen molar-refractivity contribution in [1.82, 2.24) is 0 Å². The Hall–Kier alpha value is -0.860. The van der Waals surface area contributed by atoms with Crippen LogP contribution in [0.3, 0.4) is 0 Å². The van der Waals surface area contributed by atoms with Gasteiger partial charge in [-0.25, -0.2) is 5.11 Å². The summed E-state index contributed by atoms with van der Waals surface area (Å²) in [6.45, 7) is 0.00436. The van der Waals surface area contributed by atoms with Crippen LogP contribution in [0, 0.1) is 0 Å². The fourth-order valence-corrected chi connectivity index (χ4v) is 2.32. The predicted molar refractivity (Wildman–Crippen MR) is 65.5 cm³/mol. The van der Waals surface area contributed by atoms with Crippen LogP contribution in [-0.2, 0) is 11.5 Å². The summed E-state index contributed by atoms with van der Waals surface area (Å²) in [4.78, 5) is 0. The molecule has 1 nitrogen and oxygen atoms in total. The van der Waals surface area contributed by atoms with E-state index in [2.05, 4.69) is 34.1 Å². The summed E-state index contributed by atoms with van der Waals surface area (Å²) >= 11 is 3.54. The monoisotopic (exact) mass is 263 g/mol. The number of hydrogen-bond acceptors (Lipinski definition) is 0. The van der Waals surface area contributed by atoms with Crippen molar-refractivity contribution in [2.24, 2.45) is 0 Å². The predicted octanol–water partition coefficient (Wildman–Crippen LogP) is 3.97. The Morgan fingerprint density at radius 3 is 2.53 bits per heavy atom. The van der Waals surface area contributed by atoms with Crippen molar-refractivity contribution in [3.8, 4) is 0 Å². The SMILES string of the molecule is [O]CCCc1cccc2c(Br)cccc12. The molecule has 2 heteroatoms. The average molecular weight is 264 g/mol. The zero-order chi connectivity index (χ0) is 10.7. The summed E-state index contributed by atoms with van der Waals surface area (Å²) in [5, 5.41) is 13.0. The van der Waals surface area contributed by atoms with E-state index in [0.717, 1.165) is 10.9 Å². The molecule has 0 N–H and O–H groups in total. The third-order valence-electron chi connectivity index (χ3n) is 2.55. The van der Waals surface area contributed by atoms with Gasteiger partial charge in [-0.1, -0.05) is 46.3 Å². The van der Waals surface area contributed by atoms with Gasteiger partial charge in [0.05, 0.1) is 6.61 Å². The Labute approximate surface area is 97.9 Å². The highest BCUT2D eigenvalue weighted by atomic mass is 79.9. The second-order valence-electron chi connectivity index (χ2n) is 3.56. The highest BCUT2D eigenvalue weighted by Crippen LogP contribution is 2.26. The number of benzene rings is 2. The molecule has 0 heterocycles. The lowest BCUT2D eigenvalue weighted by atomic mass is 10.0. The Balaban J connectivity index is 2.51. The summed E-state index contributed by atoms with van der Waals surface area (Å²) in [5.74, 6) is 0. The molecule has 1 radical (unpaired) electrons. The van der Waals surface area contributed by atoms with Crippen LogP contribution in [0.15, 0.2) is 40.9 Å². The lowest BCUT2D eigenvalue weighted by Gasteiger charge is -2.06. The fraction of sp³-hybridized carbons (Fsp3) is 0.231. The molecular weight excluding hydrogens is 252 g/mol. The summed E-state index contributed by atoms with van der Waals surface area (Å²) in [6.07, 6.45) is 1.59. The number of aryl methyl sites for hydroxylation is 1. The van der Waals surface area contributed by atoms with Crippen LogP contribution in [0.2, 0.25) is 0 Å². The zero-order valence-electron chi connectivity index (χ0n) is 8.37. The molecule has 0 saturated carbocycles. The second kappa shape index (κ2) is 4.77. The average Bonchev–Trinajstić information content (AvgIpc) is 2.27. The summed E-state index contributed by atoms with van der Waals surface area (Å²) in [7, 11) is 0. The molecular formula is C13H12BrO. The number of rotatable bonds is 3. The second-order valence-corrected chi connectivity index (χ2v) is 4.41. The molecule has 0 bridgehead atoms. The minimum absolute atomic E-state index is 0.00436. The van der Waals surface area contributed by atoms with Crippen molar-refractivity contribution in [3.63, 3.8) is 0 Å². The van der Waals surface area contributed by atoms with Crippen LogP contribution in [0.4, 0.5) is 0 Å². The van der Waals surface area contributed by atoms with Gasteiger partial charge in [-0.3, -0.25) is 0 Å². The lowest BCUT2D eigenvalue weighted by Crippen LogP contribution is -1.90. The van der Waals surface area contributed by atoms with Gasteiger partial charge < -0.3 is 0 Å². The highest BCUT2D eigenvalue weighted by molar-refractivity contribution is 9.10. The van der Waals surface area contributed by atoms with Gasteiger partial charge >= 0.3 is 0 Å². The largest absolute Gasteiger partial charge is 0.237 e. The minimum Gasteiger partial charge on any atom is -0.237 e. The van der Waals surface area contributed by atoms with E-state index in [4.69, 9.17) is 0 Å². The topological polar surface area (TPSA) is 19.9 Å². The first-order chi connectivity index (χ1) is 7.33.